The van der Waals surface area contributed by atoms with Gasteiger partial charge in [-0.05, 0) is 38.1 Å². The lowest BCUT2D eigenvalue weighted by atomic mass is 10.1. The van der Waals surface area contributed by atoms with Crippen molar-refractivity contribution >= 4 is 5.91 Å². The van der Waals surface area contributed by atoms with Crippen molar-refractivity contribution in [3.8, 4) is 5.75 Å². The molecule has 1 aromatic rings. The predicted octanol–water partition coefficient (Wildman–Crippen LogP) is 2.09. The highest BCUT2D eigenvalue weighted by Crippen LogP contribution is 2.14. The summed E-state index contributed by atoms with van der Waals surface area (Å²) in [5.74, 6) is 0.619. The molecule has 0 spiro atoms. The lowest BCUT2D eigenvalue weighted by molar-refractivity contribution is 0.0665. The Hall–Kier alpha value is -1.81. The molecular formula is C15H21NO3. The van der Waals surface area contributed by atoms with Gasteiger partial charge in [0, 0.05) is 18.2 Å². The summed E-state index contributed by atoms with van der Waals surface area (Å²) in [7, 11) is 0. The summed E-state index contributed by atoms with van der Waals surface area (Å²) >= 11 is 0. The molecule has 1 rings (SSSR count). The van der Waals surface area contributed by atoms with Gasteiger partial charge in [0.15, 0.2) is 0 Å². The highest BCUT2D eigenvalue weighted by atomic mass is 16.5. The Morgan fingerprint density at radius 1 is 1.42 bits per heavy atom. The van der Waals surface area contributed by atoms with E-state index in [-0.39, 0.29) is 18.6 Å². The van der Waals surface area contributed by atoms with Crippen LogP contribution >= 0.6 is 0 Å². The molecule has 0 aliphatic rings. The maximum atomic E-state index is 12.3. The van der Waals surface area contributed by atoms with E-state index in [1.807, 2.05) is 13.8 Å². The Kier molecular flexibility index (Phi) is 6.09. The zero-order chi connectivity index (χ0) is 14.3. The van der Waals surface area contributed by atoms with Gasteiger partial charge in [-0.25, -0.2) is 0 Å². The van der Waals surface area contributed by atoms with Crippen molar-refractivity contribution < 1.29 is 14.6 Å². The van der Waals surface area contributed by atoms with Crippen molar-refractivity contribution in [3.05, 3.63) is 42.5 Å². The van der Waals surface area contributed by atoms with Crippen LogP contribution in [-0.4, -0.2) is 41.7 Å². The molecule has 19 heavy (non-hydrogen) atoms. The summed E-state index contributed by atoms with van der Waals surface area (Å²) in [6, 6.07) is 7.03. The summed E-state index contributed by atoms with van der Waals surface area (Å²) in [6.07, 6.45) is 1.67. The molecule has 1 amide bonds. The first-order chi connectivity index (χ1) is 9.10. The second kappa shape index (κ2) is 7.59. The van der Waals surface area contributed by atoms with Gasteiger partial charge in [-0.15, -0.1) is 0 Å². The first kappa shape index (κ1) is 15.2. The molecule has 1 N–H and O–H groups in total. The maximum absolute atomic E-state index is 12.3. The Morgan fingerprint density at radius 3 is 2.53 bits per heavy atom. The van der Waals surface area contributed by atoms with E-state index in [1.54, 1.807) is 35.2 Å². The molecule has 0 bridgehead atoms. The Balaban J connectivity index is 2.78. The van der Waals surface area contributed by atoms with Gasteiger partial charge in [0.25, 0.3) is 5.91 Å². The Labute approximate surface area is 114 Å². The molecule has 4 heteroatoms. The first-order valence-electron chi connectivity index (χ1n) is 6.35. The van der Waals surface area contributed by atoms with Crippen LogP contribution in [0.25, 0.3) is 0 Å². The van der Waals surface area contributed by atoms with Gasteiger partial charge in [-0.3, -0.25) is 4.79 Å². The number of carbonyl (C=O) groups excluding carboxylic acids is 1. The van der Waals surface area contributed by atoms with Crippen LogP contribution in [0.1, 0.15) is 24.2 Å². The minimum Gasteiger partial charge on any atom is -0.490 e. The molecule has 0 aliphatic heterocycles. The monoisotopic (exact) mass is 263 g/mol. The average molecular weight is 263 g/mol. The van der Waals surface area contributed by atoms with Gasteiger partial charge in [0.2, 0.25) is 0 Å². The summed E-state index contributed by atoms with van der Waals surface area (Å²) in [5.41, 5.74) is 0.591. The van der Waals surface area contributed by atoms with Crippen LogP contribution in [-0.2, 0) is 0 Å². The van der Waals surface area contributed by atoms with Crippen LogP contribution in [0.5, 0.6) is 5.75 Å². The third-order valence-corrected chi connectivity index (χ3v) is 2.69. The first-order valence-corrected chi connectivity index (χ1v) is 6.35. The molecule has 0 saturated carbocycles. The van der Waals surface area contributed by atoms with Gasteiger partial charge in [0.05, 0.1) is 6.61 Å². The number of carbonyl (C=O) groups is 1. The fourth-order valence-corrected chi connectivity index (χ4v) is 1.72. The third kappa shape index (κ3) is 4.41. The van der Waals surface area contributed by atoms with Crippen LogP contribution in [0.4, 0.5) is 0 Å². The summed E-state index contributed by atoms with van der Waals surface area (Å²) in [5, 5.41) is 9.00. The number of nitrogens with zero attached hydrogens (tertiary/aromatic N) is 1. The van der Waals surface area contributed by atoms with E-state index in [0.717, 1.165) is 0 Å². The van der Waals surface area contributed by atoms with Crippen molar-refractivity contribution in [2.24, 2.45) is 0 Å². The number of hydrogen-bond acceptors (Lipinski definition) is 3. The molecule has 4 nitrogen and oxygen atoms in total. The Morgan fingerprint density at radius 2 is 2.05 bits per heavy atom. The number of benzene rings is 1. The van der Waals surface area contributed by atoms with Gasteiger partial charge < -0.3 is 14.7 Å². The van der Waals surface area contributed by atoms with Crippen LogP contribution in [0.2, 0.25) is 0 Å². The Bertz CT molecular complexity index is 412. The third-order valence-electron chi connectivity index (χ3n) is 2.69. The number of rotatable bonds is 7. The number of ether oxygens (including phenoxy) is 1. The molecular weight excluding hydrogens is 242 g/mol. The van der Waals surface area contributed by atoms with Gasteiger partial charge in [-0.1, -0.05) is 12.7 Å². The fourth-order valence-electron chi connectivity index (χ4n) is 1.72. The maximum Gasteiger partial charge on any atom is 0.254 e. The SMILES string of the molecule is C=CCOc1ccc(C(=O)N(CCO)C(C)C)cc1. The normalized spacial score (nSPS) is 10.3. The molecule has 0 saturated heterocycles. The minimum absolute atomic E-state index is 0.0373. The van der Waals surface area contributed by atoms with E-state index in [2.05, 4.69) is 6.58 Å². The molecule has 104 valence electrons. The summed E-state index contributed by atoms with van der Waals surface area (Å²) in [6.45, 7) is 8.17. The van der Waals surface area contributed by atoms with Crippen molar-refractivity contribution in [2.75, 3.05) is 19.8 Å². The second-order valence-corrected chi connectivity index (χ2v) is 4.44. The summed E-state index contributed by atoms with van der Waals surface area (Å²) < 4.78 is 5.36. The lowest BCUT2D eigenvalue weighted by Gasteiger charge is -2.26. The summed E-state index contributed by atoms with van der Waals surface area (Å²) in [4.78, 5) is 13.9. The second-order valence-electron chi connectivity index (χ2n) is 4.44. The molecule has 0 atom stereocenters. The molecule has 0 unspecified atom stereocenters. The standard InChI is InChI=1S/C15H21NO3/c1-4-11-19-14-7-5-13(6-8-14)15(18)16(9-10-17)12(2)3/h4-8,12,17H,1,9-11H2,2-3H3. The van der Waals surface area contributed by atoms with Crippen molar-refractivity contribution in [3.63, 3.8) is 0 Å². The molecule has 0 fully saturated rings. The van der Waals surface area contributed by atoms with E-state index in [4.69, 9.17) is 9.84 Å². The zero-order valence-corrected chi connectivity index (χ0v) is 11.5. The van der Waals surface area contributed by atoms with E-state index in [1.165, 1.54) is 0 Å². The quantitative estimate of drug-likeness (QED) is 0.766. The van der Waals surface area contributed by atoms with Gasteiger partial charge >= 0.3 is 0 Å². The van der Waals surface area contributed by atoms with Crippen molar-refractivity contribution in [1.29, 1.82) is 0 Å². The fraction of sp³-hybridized carbons (Fsp3) is 0.400. The largest absolute Gasteiger partial charge is 0.490 e. The number of hydrogen-bond donors (Lipinski definition) is 1. The average Bonchev–Trinajstić information content (AvgIpc) is 2.42. The van der Waals surface area contributed by atoms with E-state index in [0.29, 0.717) is 24.5 Å². The van der Waals surface area contributed by atoms with Crippen molar-refractivity contribution in [2.45, 2.75) is 19.9 Å². The highest BCUT2D eigenvalue weighted by molar-refractivity contribution is 5.94. The molecule has 0 aliphatic carbocycles. The van der Waals surface area contributed by atoms with E-state index in [9.17, 15) is 4.79 Å². The lowest BCUT2D eigenvalue weighted by Crippen LogP contribution is -2.38. The minimum atomic E-state index is -0.0840. The predicted molar refractivity (Wildman–Crippen MR) is 75.4 cm³/mol. The van der Waals surface area contributed by atoms with E-state index >= 15 is 0 Å². The smallest absolute Gasteiger partial charge is 0.254 e. The number of aliphatic hydroxyl groups excluding tert-OH is 1. The topological polar surface area (TPSA) is 49.8 Å². The highest BCUT2D eigenvalue weighted by Gasteiger charge is 2.17. The van der Waals surface area contributed by atoms with Crippen LogP contribution in [0.3, 0.4) is 0 Å². The zero-order valence-electron chi connectivity index (χ0n) is 11.5. The van der Waals surface area contributed by atoms with Crippen LogP contribution in [0, 0.1) is 0 Å². The van der Waals surface area contributed by atoms with Crippen molar-refractivity contribution in [1.82, 2.24) is 4.90 Å². The number of amides is 1. The molecule has 0 radical (unpaired) electrons. The van der Waals surface area contributed by atoms with Crippen LogP contribution < -0.4 is 4.74 Å². The van der Waals surface area contributed by atoms with E-state index < -0.39 is 0 Å². The number of aliphatic hydroxyl groups is 1. The van der Waals surface area contributed by atoms with Gasteiger partial charge in [0.1, 0.15) is 12.4 Å². The van der Waals surface area contributed by atoms with Crippen LogP contribution in [0.15, 0.2) is 36.9 Å². The van der Waals surface area contributed by atoms with Gasteiger partial charge in [-0.2, -0.15) is 0 Å². The molecule has 0 aromatic heterocycles. The molecule has 1 aromatic carbocycles. The molecule has 0 heterocycles.